The Morgan fingerprint density at radius 2 is 1.95 bits per heavy atom. The molecule has 0 bridgehead atoms. The van der Waals surface area contributed by atoms with Crippen LogP contribution < -0.4 is 10.5 Å². The van der Waals surface area contributed by atoms with E-state index in [9.17, 15) is 8.78 Å². The van der Waals surface area contributed by atoms with Crippen molar-refractivity contribution in [3.63, 3.8) is 0 Å². The van der Waals surface area contributed by atoms with E-state index in [0.717, 1.165) is 12.1 Å². The van der Waals surface area contributed by atoms with Crippen LogP contribution in [-0.4, -0.2) is 9.97 Å². The molecule has 0 spiro atoms. The second kappa shape index (κ2) is 4.90. The minimum absolute atomic E-state index is 0.0609. The second-order valence-corrected chi connectivity index (χ2v) is 4.24. The van der Waals surface area contributed by atoms with Crippen molar-refractivity contribution in [1.82, 2.24) is 9.97 Å². The third-order valence-electron chi connectivity index (χ3n) is 2.93. The summed E-state index contributed by atoms with van der Waals surface area (Å²) in [5.74, 6) is -1.69. The molecule has 0 fully saturated rings. The molecule has 0 aliphatic carbocycles. The molecule has 20 heavy (non-hydrogen) atoms. The van der Waals surface area contributed by atoms with Crippen LogP contribution in [0.25, 0.3) is 11.0 Å². The van der Waals surface area contributed by atoms with Crippen LogP contribution in [0.15, 0.2) is 36.7 Å². The van der Waals surface area contributed by atoms with Gasteiger partial charge in [0.2, 0.25) is 0 Å². The lowest BCUT2D eigenvalue weighted by Gasteiger charge is -2.10. The Kier molecular flexibility index (Phi) is 3.08. The molecule has 0 aliphatic rings. The Morgan fingerprint density at radius 3 is 2.65 bits per heavy atom. The van der Waals surface area contributed by atoms with Crippen molar-refractivity contribution in [2.45, 2.75) is 6.54 Å². The van der Waals surface area contributed by atoms with Gasteiger partial charge in [-0.25, -0.2) is 13.8 Å². The monoisotopic (exact) mass is 275 g/mol. The second-order valence-electron chi connectivity index (χ2n) is 4.24. The third kappa shape index (κ3) is 2.10. The van der Waals surface area contributed by atoms with Crippen molar-refractivity contribution in [2.24, 2.45) is 5.73 Å². The Labute approximate surface area is 113 Å². The van der Waals surface area contributed by atoms with E-state index >= 15 is 0 Å². The van der Waals surface area contributed by atoms with Crippen LogP contribution in [0, 0.1) is 11.6 Å². The molecular formula is C14H11F2N3O. The third-order valence-corrected chi connectivity index (χ3v) is 2.93. The fourth-order valence-electron chi connectivity index (χ4n) is 1.96. The number of pyridine rings is 1. The summed E-state index contributed by atoms with van der Waals surface area (Å²) >= 11 is 0. The van der Waals surface area contributed by atoms with Gasteiger partial charge in [-0.05, 0) is 29.8 Å². The summed E-state index contributed by atoms with van der Waals surface area (Å²) in [5, 5.41) is 0.647. The van der Waals surface area contributed by atoms with Crippen LogP contribution in [-0.2, 0) is 6.54 Å². The summed E-state index contributed by atoms with van der Waals surface area (Å²) in [6.07, 6.45) is 3.17. The van der Waals surface area contributed by atoms with Crippen LogP contribution in [0.4, 0.5) is 8.78 Å². The molecule has 0 aliphatic heterocycles. The SMILES string of the molecule is NCc1cc(F)c(Oc2ccnc3[nH]ccc23)c(F)c1. The van der Waals surface area contributed by atoms with Gasteiger partial charge < -0.3 is 15.5 Å². The molecular weight excluding hydrogens is 264 g/mol. The topological polar surface area (TPSA) is 63.9 Å². The molecule has 4 nitrogen and oxygen atoms in total. The van der Waals surface area contributed by atoms with E-state index in [-0.39, 0.29) is 6.54 Å². The number of nitrogens with zero attached hydrogens (tertiary/aromatic N) is 1. The van der Waals surface area contributed by atoms with E-state index in [1.165, 1.54) is 6.20 Å². The number of ether oxygens (including phenoxy) is 1. The van der Waals surface area contributed by atoms with Gasteiger partial charge in [0.1, 0.15) is 11.4 Å². The number of aromatic nitrogens is 2. The molecule has 3 N–H and O–H groups in total. The molecule has 6 heteroatoms. The zero-order valence-electron chi connectivity index (χ0n) is 10.4. The minimum atomic E-state index is -0.786. The van der Waals surface area contributed by atoms with Gasteiger partial charge >= 0.3 is 0 Å². The van der Waals surface area contributed by atoms with Crippen LogP contribution in [0.5, 0.6) is 11.5 Å². The molecule has 102 valence electrons. The number of aromatic amines is 1. The molecule has 2 heterocycles. The highest BCUT2D eigenvalue weighted by atomic mass is 19.1. The molecule has 2 aromatic heterocycles. The zero-order valence-corrected chi connectivity index (χ0v) is 10.4. The van der Waals surface area contributed by atoms with E-state index in [1.807, 2.05) is 0 Å². The molecule has 0 unspecified atom stereocenters. The van der Waals surface area contributed by atoms with Crippen molar-refractivity contribution in [3.05, 3.63) is 53.9 Å². The highest BCUT2D eigenvalue weighted by Crippen LogP contribution is 2.32. The van der Waals surface area contributed by atoms with Crippen molar-refractivity contribution in [2.75, 3.05) is 0 Å². The number of nitrogens with two attached hydrogens (primary N) is 1. The van der Waals surface area contributed by atoms with E-state index in [0.29, 0.717) is 22.3 Å². The fourth-order valence-corrected chi connectivity index (χ4v) is 1.96. The fraction of sp³-hybridized carbons (Fsp3) is 0.0714. The predicted octanol–water partition coefficient (Wildman–Crippen LogP) is 3.09. The first-order chi connectivity index (χ1) is 9.69. The zero-order chi connectivity index (χ0) is 14.1. The molecule has 0 radical (unpaired) electrons. The van der Waals surface area contributed by atoms with Crippen LogP contribution in [0.1, 0.15) is 5.56 Å². The Morgan fingerprint density at radius 1 is 1.20 bits per heavy atom. The van der Waals surface area contributed by atoms with Crippen LogP contribution in [0.3, 0.4) is 0 Å². The maximum absolute atomic E-state index is 13.9. The van der Waals surface area contributed by atoms with Gasteiger partial charge in [0.05, 0.1) is 5.39 Å². The highest BCUT2D eigenvalue weighted by molar-refractivity contribution is 5.82. The number of hydrogen-bond acceptors (Lipinski definition) is 3. The first-order valence-corrected chi connectivity index (χ1v) is 5.97. The first-order valence-electron chi connectivity index (χ1n) is 5.97. The number of benzene rings is 1. The van der Waals surface area contributed by atoms with Crippen molar-refractivity contribution in [1.29, 1.82) is 0 Å². The van der Waals surface area contributed by atoms with Gasteiger partial charge in [-0.15, -0.1) is 0 Å². The van der Waals surface area contributed by atoms with Gasteiger partial charge in [0.15, 0.2) is 17.4 Å². The van der Waals surface area contributed by atoms with Crippen molar-refractivity contribution in [3.8, 4) is 11.5 Å². The number of fused-ring (bicyclic) bond motifs is 1. The van der Waals surface area contributed by atoms with Gasteiger partial charge in [-0.1, -0.05) is 0 Å². The van der Waals surface area contributed by atoms with Crippen LogP contribution >= 0.6 is 0 Å². The molecule has 3 aromatic rings. The molecule has 3 rings (SSSR count). The van der Waals surface area contributed by atoms with Crippen LogP contribution in [0.2, 0.25) is 0 Å². The summed E-state index contributed by atoms with van der Waals surface area (Å²) in [5.41, 5.74) is 6.32. The normalized spacial score (nSPS) is 10.9. The predicted molar refractivity (Wildman–Crippen MR) is 70.4 cm³/mol. The smallest absolute Gasteiger partial charge is 0.198 e. The summed E-state index contributed by atoms with van der Waals surface area (Å²) in [4.78, 5) is 6.97. The molecule has 0 atom stereocenters. The van der Waals surface area contributed by atoms with Gasteiger partial charge in [-0.2, -0.15) is 0 Å². The maximum Gasteiger partial charge on any atom is 0.198 e. The molecule has 0 amide bonds. The number of H-pyrrole nitrogens is 1. The summed E-state index contributed by atoms with van der Waals surface area (Å²) in [6, 6.07) is 5.59. The van der Waals surface area contributed by atoms with Crippen molar-refractivity contribution >= 4 is 11.0 Å². The lowest BCUT2D eigenvalue weighted by atomic mass is 10.2. The number of hydrogen-bond donors (Lipinski definition) is 2. The average Bonchev–Trinajstić information content (AvgIpc) is 2.91. The standard InChI is InChI=1S/C14H11F2N3O/c15-10-5-8(7-17)6-11(16)13(10)20-12-2-4-19-14-9(12)1-3-18-14/h1-6H,7,17H2,(H,18,19). The van der Waals surface area contributed by atoms with Crippen molar-refractivity contribution < 1.29 is 13.5 Å². The summed E-state index contributed by atoms with van der Waals surface area (Å²) in [6.45, 7) is 0.0609. The molecule has 0 saturated carbocycles. The van der Waals surface area contributed by atoms with Gasteiger partial charge in [0, 0.05) is 18.9 Å². The highest BCUT2D eigenvalue weighted by Gasteiger charge is 2.15. The number of rotatable bonds is 3. The van der Waals surface area contributed by atoms with E-state index < -0.39 is 17.4 Å². The molecule has 0 saturated heterocycles. The Hall–Kier alpha value is -2.47. The lowest BCUT2D eigenvalue weighted by molar-refractivity contribution is 0.409. The summed E-state index contributed by atoms with van der Waals surface area (Å²) < 4.78 is 33.1. The van der Waals surface area contributed by atoms with Gasteiger partial charge in [0.25, 0.3) is 0 Å². The lowest BCUT2D eigenvalue weighted by Crippen LogP contribution is -2.00. The quantitative estimate of drug-likeness (QED) is 0.772. The van der Waals surface area contributed by atoms with E-state index in [1.54, 1.807) is 18.3 Å². The number of nitrogens with one attached hydrogen (secondary N) is 1. The average molecular weight is 275 g/mol. The van der Waals surface area contributed by atoms with Gasteiger partial charge in [-0.3, -0.25) is 0 Å². The van der Waals surface area contributed by atoms with E-state index in [4.69, 9.17) is 10.5 Å². The Balaban J connectivity index is 2.05. The first kappa shape index (κ1) is 12.6. The Bertz CT molecular complexity index is 747. The molecule has 1 aromatic carbocycles. The minimum Gasteiger partial charge on any atom is -0.450 e. The van der Waals surface area contributed by atoms with E-state index in [2.05, 4.69) is 9.97 Å². The summed E-state index contributed by atoms with van der Waals surface area (Å²) in [7, 11) is 0. The number of halogens is 2. The largest absolute Gasteiger partial charge is 0.450 e. The maximum atomic E-state index is 13.9.